The predicted molar refractivity (Wildman–Crippen MR) is 92.4 cm³/mol. The summed E-state index contributed by atoms with van der Waals surface area (Å²) in [4.78, 5) is 26.9. The predicted octanol–water partition coefficient (Wildman–Crippen LogP) is 2.03. The van der Waals surface area contributed by atoms with Crippen molar-refractivity contribution in [1.82, 2.24) is 10.2 Å². The molecule has 130 valence electrons. The Morgan fingerprint density at radius 1 is 1.24 bits per heavy atom. The van der Waals surface area contributed by atoms with E-state index in [0.717, 1.165) is 12.8 Å². The van der Waals surface area contributed by atoms with E-state index in [9.17, 15) is 14.7 Å². The molecule has 6 nitrogen and oxygen atoms in total. The summed E-state index contributed by atoms with van der Waals surface area (Å²) in [6, 6.07) is 11.9. The molecule has 2 amide bonds. The molecule has 1 aromatic heterocycles. The first-order chi connectivity index (χ1) is 12.2. The van der Waals surface area contributed by atoms with Crippen molar-refractivity contribution >= 4 is 17.9 Å². The van der Waals surface area contributed by atoms with Crippen molar-refractivity contribution in [2.24, 2.45) is 0 Å². The Kier molecular flexibility index (Phi) is 5.30. The Labute approximate surface area is 145 Å². The Hall–Kier alpha value is -2.86. The second-order valence-corrected chi connectivity index (χ2v) is 5.87. The molecule has 6 heteroatoms. The van der Waals surface area contributed by atoms with Crippen molar-refractivity contribution in [2.45, 2.75) is 18.9 Å². The van der Waals surface area contributed by atoms with Crippen LogP contribution < -0.4 is 5.32 Å². The Morgan fingerprint density at radius 3 is 2.72 bits per heavy atom. The molecule has 1 fully saturated rings. The van der Waals surface area contributed by atoms with Gasteiger partial charge in [0.1, 0.15) is 11.5 Å². The van der Waals surface area contributed by atoms with Gasteiger partial charge in [-0.15, -0.1) is 0 Å². The minimum Gasteiger partial charge on any atom is -0.465 e. The molecule has 1 aliphatic heterocycles. The summed E-state index contributed by atoms with van der Waals surface area (Å²) in [5.41, 5.74) is 0.588. The van der Waals surface area contributed by atoms with E-state index in [0.29, 0.717) is 17.9 Å². The van der Waals surface area contributed by atoms with Gasteiger partial charge in [0.15, 0.2) is 0 Å². The molecule has 1 atom stereocenters. The highest BCUT2D eigenvalue weighted by Gasteiger charge is 2.30. The molecule has 0 saturated carbocycles. The molecule has 1 aromatic carbocycles. The Bertz CT molecular complexity index is 753. The molecule has 3 rings (SSSR count). The highest BCUT2D eigenvalue weighted by Crippen LogP contribution is 2.20. The number of aliphatic hydroxyl groups excluding tert-OH is 1. The molecule has 0 radical (unpaired) electrons. The number of nitrogens with one attached hydrogen (secondary N) is 1. The van der Waals surface area contributed by atoms with Gasteiger partial charge in [0.25, 0.3) is 11.8 Å². The number of likely N-dealkylation sites (tertiary alicyclic amines) is 1. The first kappa shape index (κ1) is 17.0. The van der Waals surface area contributed by atoms with Crippen LogP contribution in [0.2, 0.25) is 0 Å². The minimum atomic E-state index is -0.369. The largest absolute Gasteiger partial charge is 0.465 e. The smallest absolute Gasteiger partial charge is 0.270 e. The molecule has 2 N–H and O–H groups in total. The summed E-state index contributed by atoms with van der Waals surface area (Å²) >= 11 is 0. The number of aliphatic hydroxyl groups is 1. The van der Waals surface area contributed by atoms with E-state index < -0.39 is 0 Å². The lowest BCUT2D eigenvalue weighted by atomic mass is 10.2. The molecular formula is C19H20N2O4. The number of hydrogen-bond acceptors (Lipinski definition) is 4. The number of rotatable bonds is 5. The van der Waals surface area contributed by atoms with Gasteiger partial charge in [-0.05, 0) is 37.1 Å². The van der Waals surface area contributed by atoms with Crippen molar-refractivity contribution in [2.75, 3.05) is 13.2 Å². The lowest BCUT2D eigenvalue weighted by molar-refractivity contribution is -0.128. The topological polar surface area (TPSA) is 82.8 Å². The SMILES string of the molecule is O=C(N/C(=C/c1ccco1)C(=O)N1CCCC1CO)c1ccccc1. The van der Waals surface area contributed by atoms with Crippen LogP contribution in [-0.2, 0) is 4.79 Å². The zero-order chi connectivity index (χ0) is 17.6. The molecule has 0 bridgehead atoms. The van der Waals surface area contributed by atoms with Crippen LogP contribution in [0.1, 0.15) is 29.0 Å². The molecule has 1 saturated heterocycles. The zero-order valence-corrected chi connectivity index (χ0v) is 13.7. The monoisotopic (exact) mass is 340 g/mol. The van der Waals surface area contributed by atoms with Crippen LogP contribution in [0.5, 0.6) is 0 Å². The second kappa shape index (κ2) is 7.81. The fourth-order valence-corrected chi connectivity index (χ4v) is 2.90. The third-order valence-corrected chi connectivity index (χ3v) is 4.19. The fourth-order valence-electron chi connectivity index (χ4n) is 2.90. The van der Waals surface area contributed by atoms with Crippen LogP contribution in [0, 0.1) is 0 Å². The standard InChI is InChI=1S/C19H20N2O4/c22-13-15-8-4-10-21(15)19(24)17(12-16-9-5-11-25-16)20-18(23)14-6-2-1-3-7-14/h1-3,5-7,9,11-12,15,22H,4,8,10,13H2,(H,20,23)/b17-12+. The molecule has 1 unspecified atom stereocenters. The van der Waals surface area contributed by atoms with E-state index in [4.69, 9.17) is 4.42 Å². The van der Waals surface area contributed by atoms with E-state index in [-0.39, 0.29) is 30.2 Å². The Balaban J connectivity index is 1.85. The highest BCUT2D eigenvalue weighted by molar-refractivity contribution is 6.05. The molecule has 1 aliphatic rings. The van der Waals surface area contributed by atoms with E-state index in [1.54, 1.807) is 41.3 Å². The van der Waals surface area contributed by atoms with Crippen LogP contribution in [0.25, 0.3) is 6.08 Å². The Morgan fingerprint density at radius 2 is 2.04 bits per heavy atom. The van der Waals surface area contributed by atoms with Crippen LogP contribution in [0.15, 0.2) is 58.8 Å². The van der Waals surface area contributed by atoms with E-state index >= 15 is 0 Å². The molecular weight excluding hydrogens is 320 g/mol. The first-order valence-corrected chi connectivity index (χ1v) is 8.22. The number of nitrogens with zero attached hydrogens (tertiary/aromatic N) is 1. The van der Waals surface area contributed by atoms with Gasteiger partial charge in [-0.2, -0.15) is 0 Å². The summed E-state index contributed by atoms with van der Waals surface area (Å²) in [7, 11) is 0. The maximum atomic E-state index is 12.9. The van der Waals surface area contributed by atoms with Gasteiger partial charge in [-0.3, -0.25) is 9.59 Å². The van der Waals surface area contributed by atoms with Crippen LogP contribution in [0.4, 0.5) is 0 Å². The lowest BCUT2D eigenvalue weighted by Gasteiger charge is -2.24. The summed E-state index contributed by atoms with van der Waals surface area (Å²) in [6.07, 6.45) is 4.59. The quantitative estimate of drug-likeness (QED) is 0.816. The molecule has 0 aliphatic carbocycles. The number of carbonyl (C=O) groups is 2. The van der Waals surface area contributed by atoms with Crippen molar-refractivity contribution in [3.63, 3.8) is 0 Å². The molecule has 25 heavy (non-hydrogen) atoms. The summed E-state index contributed by atoms with van der Waals surface area (Å²) in [5, 5.41) is 12.1. The fraction of sp³-hybridized carbons (Fsp3) is 0.263. The molecule has 2 aromatic rings. The maximum absolute atomic E-state index is 12.9. The number of hydrogen-bond donors (Lipinski definition) is 2. The van der Waals surface area contributed by atoms with E-state index in [2.05, 4.69) is 5.32 Å². The van der Waals surface area contributed by atoms with Crippen molar-refractivity contribution in [3.8, 4) is 0 Å². The van der Waals surface area contributed by atoms with E-state index in [1.807, 2.05) is 6.07 Å². The number of amides is 2. The average molecular weight is 340 g/mol. The van der Waals surface area contributed by atoms with Crippen LogP contribution >= 0.6 is 0 Å². The van der Waals surface area contributed by atoms with Crippen molar-refractivity contribution in [3.05, 3.63) is 65.7 Å². The van der Waals surface area contributed by atoms with Gasteiger partial charge in [0, 0.05) is 18.2 Å². The first-order valence-electron chi connectivity index (χ1n) is 8.22. The summed E-state index contributed by atoms with van der Waals surface area (Å²) < 4.78 is 5.27. The van der Waals surface area contributed by atoms with Crippen molar-refractivity contribution in [1.29, 1.82) is 0 Å². The van der Waals surface area contributed by atoms with Gasteiger partial charge in [-0.1, -0.05) is 18.2 Å². The lowest BCUT2D eigenvalue weighted by Crippen LogP contribution is -2.42. The van der Waals surface area contributed by atoms with Crippen LogP contribution in [-0.4, -0.2) is 41.0 Å². The van der Waals surface area contributed by atoms with Crippen LogP contribution in [0.3, 0.4) is 0 Å². The van der Waals surface area contributed by atoms with Gasteiger partial charge in [0.05, 0.1) is 18.9 Å². The summed E-state index contributed by atoms with van der Waals surface area (Å²) in [6.45, 7) is 0.465. The highest BCUT2D eigenvalue weighted by atomic mass is 16.3. The maximum Gasteiger partial charge on any atom is 0.270 e. The number of carbonyl (C=O) groups excluding carboxylic acids is 2. The van der Waals surface area contributed by atoms with Crippen molar-refractivity contribution < 1.29 is 19.1 Å². The van der Waals surface area contributed by atoms with Gasteiger partial charge in [-0.25, -0.2) is 0 Å². The average Bonchev–Trinajstić information content (AvgIpc) is 3.32. The number of furan rings is 1. The van der Waals surface area contributed by atoms with Gasteiger partial charge < -0.3 is 19.7 Å². The molecule has 0 spiro atoms. The zero-order valence-electron chi connectivity index (χ0n) is 13.7. The second-order valence-electron chi connectivity index (χ2n) is 5.87. The molecule has 2 heterocycles. The normalized spacial score (nSPS) is 17.6. The van der Waals surface area contributed by atoms with Gasteiger partial charge >= 0.3 is 0 Å². The third-order valence-electron chi connectivity index (χ3n) is 4.19. The summed E-state index contributed by atoms with van der Waals surface area (Å²) in [5.74, 6) is -0.222. The number of benzene rings is 1. The van der Waals surface area contributed by atoms with Gasteiger partial charge in [0.2, 0.25) is 0 Å². The minimum absolute atomic E-state index is 0.0909. The van der Waals surface area contributed by atoms with E-state index in [1.165, 1.54) is 12.3 Å². The third kappa shape index (κ3) is 3.97.